The molecule has 0 atom stereocenters. The molecule has 1 N–H and O–H groups in total. The highest BCUT2D eigenvalue weighted by Crippen LogP contribution is 2.27. The first-order valence-corrected chi connectivity index (χ1v) is 5.07. The highest BCUT2D eigenvalue weighted by molar-refractivity contribution is 6.51. The van der Waals surface area contributed by atoms with E-state index in [-0.39, 0.29) is 0 Å². The van der Waals surface area contributed by atoms with Crippen LogP contribution in [-0.4, -0.2) is 10.2 Å². The van der Waals surface area contributed by atoms with Gasteiger partial charge in [0.05, 0.1) is 10.7 Å². The van der Waals surface area contributed by atoms with Crippen molar-refractivity contribution in [3.63, 3.8) is 0 Å². The molecule has 0 amide bonds. The third-order valence-electron chi connectivity index (χ3n) is 1.44. The van der Waals surface area contributed by atoms with Gasteiger partial charge in [0.2, 0.25) is 0 Å². The largest absolute Gasteiger partial charge is 0.286 e. The fraction of sp³-hybridized carbons (Fsp3) is 0. The van der Waals surface area contributed by atoms with Crippen molar-refractivity contribution in [2.75, 3.05) is 3.94 Å². The lowest BCUT2D eigenvalue weighted by atomic mass is 10.3. The van der Waals surface area contributed by atoms with Crippen molar-refractivity contribution in [1.29, 1.82) is 0 Å². The van der Waals surface area contributed by atoms with Crippen LogP contribution in [0.3, 0.4) is 0 Å². The molecule has 0 aliphatic carbocycles. The van der Waals surface area contributed by atoms with Gasteiger partial charge < -0.3 is 0 Å². The highest BCUT2D eigenvalue weighted by Gasteiger charge is 2.02. The van der Waals surface area contributed by atoms with Crippen molar-refractivity contribution in [1.82, 2.24) is 10.2 Å². The van der Waals surface area contributed by atoms with Crippen LogP contribution in [0.15, 0.2) is 42.7 Å². The van der Waals surface area contributed by atoms with E-state index in [1.54, 1.807) is 30.6 Å². The summed E-state index contributed by atoms with van der Waals surface area (Å²) in [5.74, 6) is 0. The number of anilines is 1. The Morgan fingerprint density at radius 2 is 1.87 bits per heavy atom. The molecular weight excluding hydrogens is 256 g/mol. The number of aromatic amines is 1. The number of hydrogen-bond donors (Lipinski definition) is 1. The molecule has 0 bridgehead atoms. The molecule has 0 unspecified atom stereocenters. The number of nitrogens with one attached hydrogen (secondary N) is 1. The number of para-hydroxylation sites is 1. The fourth-order valence-electron chi connectivity index (χ4n) is 0.804. The molecule has 0 radical (unpaired) electrons. The Morgan fingerprint density at radius 1 is 1.13 bits per heavy atom. The topological polar surface area (TPSA) is 31.9 Å². The summed E-state index contributed by atoms with van der Waals surface area (Å²) >= 11 is 16.6. The van der Waals surface area contributed by atoms with Gasteiger partial charge in [0, 0.05) is 35.9 Å². The third-order valence-corrected chi connectivity index (χ3v) is 2.12. The van der Waals surface area contributed by atoms with Gasteiger partial charge in [-0.2, -0.15) is 9.04 Å². The molecule has 6 heteroatoms. The molecule has 3 nitrogen and oxygen atoms in total. The van der Waals surface area contributed by atoms with E-state index < -0.39 is 0 Å². The fourth-order valence-corrected chi connectivity index (χ4v) is 1.41. The van der Waals surface area contributed by atoms with Gasteiger partial charge in [0.25, 0.3) is 0 Å². The highest BCUT2D eigenvalue weighted by atomic mass is 35.5. The second-order valence-corrected chi connectivity index (χ2v) is 3.71. The van der Waals surface area contributed by atoms with Crippen molar-refractivity contribution in [3.8, 4) is 0 Å². The Balaban J connectivity index is 0.000000187. The molecule has 0 aliphatic heterocycles. The number of H-pyrrole nitrogens is 1. The molecule has 2 aromatic rings. The van der Waals surface area contributed by atoms with Crippen LogP contribution in [0, 0.1) is 0 Å². The first-order valence-electron chi connectivity index (χ1n) is 4.02. The van der Waals surface area contributed by atoms with E-state index >= 15 is 0 Å². The molecule has 1 aromatic heterocycles. The first-order chi connectivity index (χ1) is 7.22. The lowest BCUT2D eigenvalue weighted by Crippen LogP contribution is -1.91. The Labute approximate surface area is 103 Å². The van der Waals surface area contributed by atoms with Crippen molar-refractivity contribution >= 4 is 40.8 Å². The van der Waals surface area contributed by atoms with Gasteiger partial charge in [-0.1, -0.05) is 23.7 Å². The third kappa shape index (κ3) is 4.42. The van der Waals surface area contributed by atoms with Crippen LogP contribution >= 0.6 is 35.2 Å². The van der Waals surface area contributed by atoms with Gasteiger partial charge in [0.15, 0.2) is 0 Å². The van der Waals surface area contributed by atoms with E-state index in [2.05, 4.69) is 10.2 Å². The van der Waals surface area contributed by atoms with Crippen molar-refractivity contribution in [2.45, 2.75) is 0 Å². The smallest absolute Gasteiger partial charge is 0.0895 e. The molecule has 2 rings (SSSR count). The summed E-state index contributed by atoms with van der Waals surface area (Å²) in [7, 11) is 0. The van der Waals surface area contributed by atoms with Crippen LogP contribution < -0.4 is 3.94 Å². The van der Waals surface area contributed by atoms with Crippen LogP contribution in [-0.2, 0) is 0 Å². The summed E-state index contributed by atoms with van der Waals surface area (Å²) in [6.45, 7) is 0. The molecule has 1 heterocycles. The van der Waals surface area contributed by atoms with Gasteiger partial charge in [0.1, 0.15) is 0 Å². The zero-order valence-corrected chi connectivity index (χ0v) is 9.84. The maximum atomic E-state index is 5.71. The predicted octanol–water partition coefficient (Wildman–Crippen LogP) is 3.86. The minimum absolute atomic E-state index is 0.535. The van der Waals surface area contributed by atoms with Crippen LogP contribution in [0.4, 0.5) is 5.69 Å². The minimum atomic E-state index is 0.535. The van der Waals surface area contributed by atoms with Crippen LogP contribution in [0.25, 0.3) is 0 Å². The Morgan fingerprint density at radius 3 is 2.20 bits per heavy atom. The molecule has 0 saturated heterocycles. The molecule has 15 heavy (non-hydrogen) atoms. The van der Waals surface area contributed by atoms with Gasteiger partial charge in [-0.3, -0.25) is 5.10 Å². The van der Waals surface area contributed by atoms with Crippen molar-refractivity contribution in [2.24, 2.45) is 0 Å². The molecular formula is C9H8Cl3N3. The van der Waals surface area contributed by atoms with Gasteiger partial charge in [-0.15, -0.1) is 0 Å². The quantitative estimate of drug-likeness (QED) is 0.793. The van der Waals surface area contributed by atoms with Gasteiger partial charge >= 0.3 is 0 Å². The zero-order valence-electron chi connectivity index (χ0n) is 7.57. The number of halogens is 3. The summed E-state index contributed by atoms with van der Waals surface area (Å²) in [5, 5.41) is 6.74. The number of benzene rings is 1. The van der Waals surface area contributed by atoms with Crippen LogP contribution in [0.2, 0.25) is 5.02 Å². The average Bonchev–Trinajstić information content (AvgIpc) is 2.75. The average molecular weight is 265 g/mol. The van der Waals surface area contributed by atoms with E-state index in [9.17, 15) is 0 Å². The van der Waals surface area contributed by atoms with Crippen molar-refractivity contribution < 1.29 is 0 Å². The maximum Gasteiger partial charge on any atom is 0.0895 e. The van der Waals surface area contributed by atoms with Gasteiger partial charge in [-0.25, -0.2) is 0 Å². The van der Waals surface area contributed by atoms with E-state index in [1.165, 1.54) is 0 Å². The van der Waals surface area contributed by atoms with Crippen molar-refractivity contribution in [3.05, 3.63) is 47.7 Å². The first kappa shape index (κ1) is 12.2. The molecule has 0 saturated carbocycles. The molecule has 1 aromatic carbocycles. The van der Waals surface area contributed by atoms with Crippen LogP contribution in [0.1, 0.15) is 0 Å². The number of nitrogens with zero attached hydrogens (tertiary/aromatic N) is 2. The minimum Gasteiger partial charge on any atom is -0.286 e. The van der Waals surface area contributed by atoms with E-state index in [4.69, 9.17) is 35.2 Å². The zero-order chi connectivity index (χ0) is 11.1. The molecule has 0 spiro atoms. The summed E-state index contributed by atoms with van der Waals surface area (Å²) in [4.78, 5) is 0. The van der Waals surface area contributed by atoms with E-state index in [0.29, 0.717) is 10.7 Å². The predicted molar refractivity (Wildman–Crippen MR) is 64.2 cm³/mol. The molecule has 0 fully saturated rings. The number of hydrogen-bond acceptors (Lipinski definition) is 2. The monoisotopic (exact) mass is 263 g/mol. The maximum absolute atomic E-state index is 5.71. The second kappa shape index (κ2) is 6.56. The normalized spacial score (nSPS) is 9.00. The van der Waals surface area contributed by atoms with Crippen LogP contribution in [0.5, 0.6) is 0 Å². The summed E-state index contributed by atoms with van der Waals surface area (Å²) < 4.78 is 0.933. The SMILES string of the molecule is Clc1ccccc1N(Cl)Cl.c1cn[nH]c1. The number of aromatic nitrogens is 2. The summed E-state index contributed by atoms with van der Waals surface area (Å²) in [5.41, 5.74) is 0.590. The second-order valence-electron chi connectivity index (χ2n) is 2.45. The Bertz CT molecular complexity index is 359. The number of rotatable bonds is 1. The Kier molecular flexibility index (Phi) is 5.32. The molecule has 0 aliphatic rings. The standard InChI is InChI=1S/C6H4Cl3N.C3H4N2/c7-5-3-1-2-4-6(5)10(8)9;1-2-4-5-3-1/h1-4H;1-3H,(H,4,5). The summed E-state index contributed by atoms with van der Waals surface area (Å²) in [6, 6.07) is 8.89. The Hall–Kier alpha value is -0.900. The van der Waals surface area contributed by atoms with E-state index in [0.717, 1.165) is 3.94 Å². The van der Waals surface area contributed by atoms with Gasteiger partial charge in [-0.05, 0) is 18.2 Å². The summed E-state index contributed by atoms with van der Waals surface area (Å²) in [6.07, 6.45) is 3.46. The molecule has 80 valence electrons. The lowest BCUT2D eigenvalue weighted by Gasteiger charge is -2.05. The van der Waals surface area contributed by atoms with E-state index in [1.807, 2.05) is 12.1 Å². The lowest BCUT2D eigenvalue weighted by molar-refractivity contribution is 1.09.